The summed E-state index contributed by atoms with van der Waals surface area (Å²) in [5.74, 6) is 2.55. The molecule has 0 aliphatic rings. The topological polar surface area (TPSA) is 61.3 Å². The Kier molecular flexibility index (Phi) is 5.20. The van der Waals surface area contributed by atoms with Gasteiger partial charge >= 0.3 is 0 Å². The van der Waals surface area contributed by atoms with Crippen LogP contribution >= 0.6 is 0 Å². The maximum atomic E-state index is 10.1. The number of aromatic nitrogens is 2. The van der Waals surface area contributed by atoms with Crippen LogP contribution in [0.1, 0.15) is 52.9 Å². The van der Waals surface area contributed by atoms with Gasteiger partial charge in [-0.3, -0.25) is 0 Å². The zero-order valence-electron chi connectivity index (χ0n) is 14.7. The Morgan fingerprint density at radius 1 is 1.14 bits per heavy atom. The van der Waals surface area contributed by atoms with Crippen molar-refractivity contribution in [1.82, 2.24) is 9.97 Å². The predicted octanol–water partition coefficient (Wildman–Crippen LogP) is 2.72. The van der Waals surface area contributed by atoms with Gasteiger partial charge in [-0.1, -0.05) is 20.8 Å². The normalized spacial score (nSPS) is 12.4. The number of aliphatic hydroxyl groups is 1. The SMILES string of the molecule is CCN(CC(C)(C)O)c1nc(C(C)(C)C)nc(NC)c1C. The molecule has 21 heavy (non-hydrogen) atoms. The Morgan fingerprint density at radius 3 is 2.10 bits per heavy atom. The molecule has 0 aromatic carbocycles. The second-order valence-corrected chi connectivity index (χ2v) is 7.17. The third-order valence-electron chi connectivity index (χ3n) is 3.29. The predicted molar refractivity (Wildman–Crippen MR) is 89.2 cm³/mol. The number of anilines is 2. The Labute approximate surface area is 128 Å². The van der Waals surface area contributed by atoms with Crippen LogP contribution in [0.15, 0.2) is 0 Å². The molecule has 0 fully saturated rings. The van der Waals surface area contributed by atoms with Crippen molar-refractivity contribution in [2.24, 2.45) is 0 Å². The molecular weight excluding hydrogens is 264 g/mol. The molecule has 0 aliphatic heterocycles. The number of nitrogens with zero attached hydrogens (tertiary/aromatic N) is 3. The van der Waals surface area contributed by atoms with Gasteiger partial charge in [0, 0.05) is 31.1 Å². The van der Waals surface area contributed by atoms with E-state index in [9.17, 15) is 5.11 Å². The van der Waals surface area contributed by atoms with Crippen molar-refractivity contribution in [3.63, 3.8) is 0 Å². The van der Waals surface area contributed by atoms with Crippen LogP contribution in [0.25, 0.3) is 0 Å². The molecule has 1 aromatic rings. The van der Waals surface area contributed by atoms with E-state index >= 15 is 0 Å². The summed E-state index contributed by atoms with van der Waals surface area (Å²) in [5.41, 5.74) is 0.119. The largest absolute Gasteiger partial charge is 0.389 e. The standard InChI is InChI=1S/C16H30N4O/c1-9-20(10-16(6,7)21)13-11(2)12(17-8)18-14(19-13)15(3,4)5/h21H,9-10H2,1-8H3,(H,17,18,19). The lowest BCUT2D eigenvalue weighted by atomic mass is 9.95. The van der Waals surface area contributed by atoms with Crippen LogP contribution in [0.5, 0.6) is 0 Å². The Hall–Kier alpha value is -1.36. The maximum Gasteiger partial charge on any atom is 0.138 e. The van der Waals surface area contributed by atoms with Gasteiger partial charge in [0.25, 0.3) is 0 Å². The third-order valence-corrected chi connectivity index (χ3v) is 3.29. The summed E-state index contributed by atoms with van der Waals surface area (Å²) < 4.78 is 0. The van der Waals surface area contributed by atoms with E-state index in [1.165, 1.54) is 0 Å². The van der Waals surface area contributed by atoms with Gasteiger partial charge in [0.1, 0.15) is 17.5 Å². The molecule has 0 saturated carbocycles. The highest BCUT2D eigenvalue weighted by atomic mass is 16.3. The molecular formula is C16H30N4O. The lowest BCUT2D eigenvalue weighted by Crippen LogP contribution is -2.40. The molecule has 0 atom stereocenters. The third kappa shape index (κ3) is 4.56. The van der Waals surface area contributed by atoms with Crippen LogP contribution < -0.4 is 10.2 Å². The molecule has 0 bridgehead atoms. The van der Waals surface area contributed by atoms with Crippen molar-refractivity contribution in [2.75, 3.05) is 30.4 Å². The lowest BCUT2D eigenvalue weighted by Gasteiger charge is -2.31. The maximum absolute atomic E-state index is 10.1. The molecule has 5 nitrogen and oxygen atoms in total. The van der Waals surface area contributed by atoms with Gasteiger partial charge in [-0.15, -0.1) is 0 Å². The number of nitrogens with one attached hydrogen (secondary N) is 1. The monoisotopic (exact) mass is 294 g/mol. The highest BCUT2D eigenvalue weighted by Crippen LogP contribution is 2.29. The Bertz CT molecular complexity index is 486. The first kappa shape index (κ1) is 17.7. The van der Waals surface area contributed by atoms with E-state index in [0.717, 1.165) is 29.6 Å². The van der Waals surface area contributed by atoms with Crippen molar-refractivity contribution in [2.45, 2.75) is 59.5 Å². The summed E-state index contributed by atoms with van der Waals surface area (Å²) in [4.78, 5) is 11.5. The minimum absolute atomic E-state index is 0.123. The fraction of sp³-hybridized carbons (Fsp3) is 0.750. The van der Waals surface area contributed by atoms with Crippen molar-refractivity contribution < 1.29 is 5.11 Å². The molecule has 0 aliphatic carbocycles. The van der Waals surface area contributed by atoms with E-state index in [0.29, 0.717) is 6.54 Å². The highest BCUT2D eigenvalue weighted by Gasteiger charge is 2.25. The van der Waals surface area contributed by atoms with E-state index in [4.69, 9.17) is 4.98 Å². The molecule has 0 unspecified atom stereocenters. The summed E-state index contributed by atoms with van der Waals surface area (Å²) in [6.45, 7) is 15.4. The van der Waals surface area contributed by atoms with Gasteiger partial charge in [0.2, 0.25) is 0 Å². The van der Waals surface area contributed by atoms with Gasteiger partial charge in [0.15, 0.2) is 0 Å². The van der Waals surface area contributed by atoms with Crippen LogP contribution in [0.2, 0.25) is 0 Å². The second-order valence-electron chi connectivity index (χ2n) is 7.17. The molecule has 0 radical (unpaired) electrons. The number of hydrogen-bond acceptors (Lipinski definition) is 5. The zero-order valence-corrected chi connectivity index (χ0v) is 14.7. The van der Waals surface area contributed by atoms with Crippen molar-refractivity contribution >= 4 is 11.6 Å². The smallest absolute Gasteiger partial charge is 0.138 e. The molecule has 0 spiro atoms. The van der Waals surface area contributed by atoms with Gasteiger partial charge in [-0.05, 0) is 27.7 Å². The van der Waals surface area contributed by atoms with Crippen molar-refractivity contribution in [3.8, 4) is 0 Å². The van der Waals surface area contributed by atoms with E-state index < -0.39 is 5.60 Å². The first-order chi connectivity index (χ1) is 9.49. The van der Waals surface area contributed by atoms with Crippen LogP contribution in [0.4, 0.5) is 11.6 Å². The highest BCUT2D eigenvalue weighted by molar-refractivity contribution is 5.59. The van der Waals surface area contributed by atoms with Gasteiger partial charge in [-0.25, -0.2) is 9.97 Å². The minimum Gasteiger partial charge on any atom is -0.389 e. The molecule has 1 heterocycles. The van der Waals surface area contributed by atoms with Crippen molar-refractivity contribution in [1.29, 1.82) is 0 Å². The van der Waals surface area contributed by atoms with Crippen LogP contribution in [-0.4, -0.2) is 40.8 Å². The summed E-state index contributed by atoms with van der Waals surface area (Å²) in [7, 11) is 1.87. The number of likely N-dealkylation sites (N-methyl/N-ethyl adjacent to an activating group) is 1. The van der Waals surface area contributed by atoms with E-state index in [2.05, 4.69) is 42.9 Å². The van der Waals surface area contributed by atoms with E-state index in [1.807, 2.05) is 27.8 Å². The van der Waals surface area contributed by atoms with E-state index in [-0.39, 0.29) is 5.41 Å². The average molecular weight is 294 g/mol. The van der Waals surface area contributed by atoms with Gasteiger partial charge in [-0.2, -0.15) is 0 Å². The Morgan fingerprint density at radius 2 is 1.71 bits per heavy atom. The fourth-order valence-electron chi connectivity index (χ4n) is 2.20. The summed E-state index contributed by atoms with van der Waals surface area (Å²) >= 11 is 0. The van der Waals surface area contributed by atoms with E-state index in [1.54, 1.807) is 0 Å². The molecule has 1 aromatic heterocycles. The van der Waals surface area contributed by atoms with Crippen LogP contribution in [0, 0.1) is 6.92 Å². The first-order valence-corrected chi connectivity index (χ1v) is 7.53. The summed E-state index contributed by atoms with van der Waals surface area (Å²) in [5, 5.41) is 13.3. The molecule has 120 valence electrons. The zero-order chi connectivity index (χ0) is 16.4. The van der Waals surface area contributed by atoms with Crippen LogP contribution in [0.3, 0.4) is 0 Å². The lowest BCUT2D eigenvalue weighted by molar-refractivity contribution is 0.0874. The molecule has 5 heteroatoms. The average Bonchev–Trinajstić information content (AvgIpc) is 2.34. The Balaban J connectivity index is 3.38. The number of hydrogen-bond donors (Lipinski definition) is 2. The summed E-state index contributed by atoms with van der Waals surface area (Å²) in [6.07, 6.45) is 0. The molecule has 0 saturated heterocycles. The fourth-order valence-corrected chi connectivity index (χ4v) is 2.20. The first-order valence-electron chi connectivity index (χ1n) is 7.53. The minimum atomic E-state index is -0.769. The molecule has 0 amide bonds. The van der Waals surface area contributed by atoms with Crippen molar-refractivity contribution in [3.05, 3.63) is 11.4 Å². The van der Waals surface area contributed by atoms with Crippen LogP contribution in [-0.2, 0) is 5.41 Å². The van der Waals surface area contributed by atoms with Gasteiger partial charge < -0.3 is 15.3 Å². The molecule has 2 N–H and O–H groups in total. The quantitative estimate of drug-likeness (QED) is 0.874. The number of rotatable bonds is 5. The molecule has 1 rings (SSSR count). The second kappa shape index (κ2) is 6.18. The summed E-state index contributed by atoms with van der Waals surface area (Å²) in [6, 6.07) is 0. The van der Waals surface area contributed by atoms with Gasteiger partial charge in [0.05, 0.1) is 5.60 Å².